The molecule has 2 aromatic rings. The number of aliphatic hydroxyl groups is 1. The van der Waals surface area contributed by atoms with Gasteiger partial charge in [-0.2, -0.15) is 0 Å². The van der Waals surface area contributed by atoms with Gasteiger partial charge in [0.05, 0.1) is 6.10 Å². The quantitative estimate of drug-likeness (QED) is 0.659. The summed E-state index contributed by atoms with van der Waals surface area (Å²) in [4.78, 5) is 13.0. The molecule has 2 aromatic carbocycles. The van der Waals surface area contributed by atoms with Crippen molar-refractivity contribution in [3.63, 3.8) is 0 Å². The second-order valence-corrected chi connectivity index (χ2v) is 7.33. The molecule has 0 aliphatic carbocycles. The molecule has 2 N–H and O–H groups in total. The van der Waals surface area contributed by atoms with E-state index in [0.29, 0.717) is 17.2 Å². The SMILES string of the molecule is O=C(CCSc1ccccc1Br)NCC(O)c1ccc(Cl)cc1. The third kappa shape index (κ3) is 6.18. The van der Waals surface area contributed by atoms with Crippen LogP contribution in [0.3, 0.4) is 0 Å². The fourth-order valence-corrected chi connectivity index (χ4v) is 3.56. The van der Waals surface area contributed by atoms with Gasteiger partial charge in [0.15, 0.2) is 0 Å². The summed E-state index contributed by atoms with van der Waals surface area (Å²) in [5, 5.41) is 13.4. The number of thioether (sulfide) groups is 1. The second kappa shape index (κ2) is 9.33. The van der Waals surface area contributed by atoms with Crippen molar-refractivity contribution in [2.75, 3.05) is 12.3 Å². The maximum atomic E-state index is 11.8. The molecule has 23 heavy (non-hydrogen) atoms. The fourth-order valence-electron chi connectivity index (χ4n) is 1.92. The second-order valence-electron chi connectivity index (χ2n) is 4.90. The highest BCUT2D eigenvalue weighted by Crippen LogP contribution is 2.27. The number of halogens is 2. The fraction of sp³-hybridized carbons (Fsp3) is 0.235. The molecule has 0 saturated heterocycles. The Labute approximate surface area is 153 Å². The van der Waals surface area contributed by atoms with E-state index in [1.165, 1.54) is 0 Å². The number of hydrogen-bond acceptors (Lipinski definition) is 3. The van der Waals surface area contributed by atoms with Crippen LogP contribution in [0, 0.1) is 0 Å². The van der Waals surface area contributed by atoms with E-state index < -0.39 is 6.10 Å². The summed E-state index contributed by atoms with van der Waals surface area (Å²) >= 11 is 10.9. The van der Waals surface area contributed by atoms with Crippen molar-refractivity contribution in [3.8, 4) is 0 Å². The number of aliphatic hydroxyl groups excluding tert-OH is 1. The molecule has 1 atom stereocenters. The molecule has 0 aromatic heterocycles. The molecule has 6 heteroatoms. The van der Waals surface area contributed by atoms with Crippen molar-refractivity contribution in [2.24, 2.45) is 0 Å². The summed E-state index contributed by atoms with van der Waals surface area (Å²) in [7, 11) is 0. The standard InChI is InChI=1S/C17H17BrClNO2S/c18-14-3-1-2-4-16(14)23-10-9-17(22)20-11-15(21)12-5-7-13(19)8-6-12/h1-8,15,21H,9-11H2,(H,20,22). The lowest BCUT2D eigenvalue weighted by Crippen LogP contribution is -2.28. The van der Waals surface area contributed by atoms with Crippen LogP contribution in [-0.2, 0) is 4.79 Å². The Morgan fingerprint density at radius 3 is 2.61 bits per heavy atom. The predicted molar refractivity (Wildman–Crippen MR) is 98.9 cm³/mol. The Hall–Kier alpha value is -1.01. The Kier molecular flexibility index (Phi) is 7.43. The van der Waals surface area contributed by atoms with Gasteiger partial charge in [-0.05, 0) is 45.8 Å². The van der Waals surface area contributed by atoms with Gasteiger partial charge in [-0.1, -0.05) is 35.9 Å². The zero-order valence-corrected chi connectivity index (χ0v) is 15.5. The third-order valence-electron chi connectivity index (χ3n) is 3.17. The molecule has 122 valence electrons. The minimum absolute atomic E-state index is 0.0717. The van der Waals surface area contributed by atoms with Gasteiger partial charge >= 0.3 is 0 Å². The lowest BCUT2D eigenvalue weighted by molar-refractivity contribution is -0.121. The summed E-state index contributed by atoms with van der Waals surface area (Å²) in [6.45, 7) is 0.195. The lowest BCUT2D eigenvalue weighted by atomic mass is 10.1. The minimum atomic E-state index is -0.730. The molecule has 0 bridgehead atoms. The molecule has 0 saturated carbocycles. The summed E-state index contributed by atoms with van der Waals surface area (Å²) in [6, 6.07) is 14.9. The van der Waals surface area contributed by atoms with Crippen LogP contribution in [0.4, 0.5) is 0 Å². The molecule has 3 nitrogen and oxygen atoms in total. The molecule has 1 unspecified atom stereocenters. The molecule has 0 heterocycles. The Morgan fingerprint density at radius 1 is 1.22 bits per heavy atom. The zero-order chi connectivity index (χ0) is 16.7. The van der Waals surface area contributed by atoms with E-state index >= 15 is 0 Å². The van der Waals surface area contributed by atoms with Crippen molar-refractivity contribution in [1.29, 1.82) is 0 Å². The Bertz CT molecular complexity index is 651. The monoisotopic (exact) mass is 413 g/mol. The molecule has 0 fully saturated rings. The normalized spacial score (nSPS) is 12.0. The van der Waals surface area contributed by atoms with Gasteiger partial charge in [-0.15, -0.1) is 11.8 Å². The molecular weight excluding hydrogens is 398 g/mol. The van der Waals surface area contributed by atoms with Gasteiger partial charge in [-0.25, -0.2) is 0 Å². The van der Waals surface area contributed by atoms with E-state index in [9.17, 15) is 9.90 Å². The molecular formula is C17H17BrClNO2S. The zero-order valence-electron chi connectivity index (χ0n) is 12.3. The number of carbonyl (C=O) groups is 1. The highest BCUT2D eigenvalue weighted by atomic mass is 79.9. The highest BCUT2D eigenvalue weighted by molar-refractivity contribution is 9.10. The number of hydrogen-bond donors (Lipinski definition) is 2. The van der Waals surface area contributed by atoms with Crippen LogP contribution in [0.25, 0.3) is 0 Å². The van der Waals surface area contributed by atoms with E-state index in [-0.39, 0.29) is 12.5 Å². The van der Waals surface area contributed by atoms with Crippen molar-refractivity contribution >= 4 is 45.2 Å². The Balaban J connectivity index is 1.71. The maximum absolute atomic E-state index is 11.8. The summed E-state index contributed by atoms with van der Waals surface area (Å²) in [6.07, 6.45) is -0.327. The minimum Gasteiger partial charge on any atom is -0.387 e. The number of rotatable bonds is 7. The summed E-state index contributed by atoms with van der Waals surface area (Å²) < 4.78 is 1.03. The molecule has 1 amide bonds. The molecule has 0 aliphatic heterocycles. The Morgan fingerprint density at radius 2 is 1.91 bits per heavy atom. The van der Waals surface area contributed by atoms with Gasteiger partial charge < -0.3 is 10.4 Å². The number of nitrogens with one attached hydrogen (secondary N) is 1. The topological polar surface area (TPSA) is 49.3 Å². The maximum Gasteiger partial charge on any atom is 0.220 e. The van der Waals surface area contributed by atoms with Gasteiger partial charge in [0.25, 0.3) is 0 Å². The van der Waals surface area contributed by atoms with Crippen molar-refractivity contribution in [2.45, 2.75) is 17.4 Å². The first kappa shape index (κ1) is 18.3. The van der Waals surface area contributed by atoms with E-state index in [4.69, 9.17) is 11.6 Å². The van der Waals surface area contributed by atoms with Gasteiger partial charge in [-0.3, -0.25) is 4.79 Å². The molecule has 0 aliphatic rings. The smallest absolute Gasteiger partial charge is 0.220 e. The van der Waals surface area contributed by atoms with Crippen LogP contribution in [-0.4, -0.2) is 23.3 Å². The molecule has 2 rings (SSSR count). The van der Waals surface area contributed by atoms with E-state index in [2.05, 4.69) is 21.2 Å². The average molecular weight is 415 g/mol. The third-order valence-corrected chi connectivity index (χ3v) is 5.45. The molecule has 0 spiro atoms. The van der Waals surface area contributed by atoms with Crippen LogP contribution in [0.1, 0.15) is 18.1 Å². The summed E-state index contributed by atoms with van der Waals surface area (Å²) in [5.41, 5.74) is 0.734. The predicted octanol–water partition coefficient (Wildman–Crippen LogP) is 4.43. The van der Waals surface area contributed by atoms with Crippen LogP contribution < -0.4 is 5.32 Å². The van der Waals surface area contributed by atoms with Crippen molar-refractivity contribution < 1.29 is 9.90 Å². The van der Waals surface area contributed by atoms with Crippen molar-refractivity contribution in [3.05, 3.63) is 63.6 Å². The number of benzene rings is 2. The lowest BCUT2D eigenvalue weighted by Gasteiger charge is -2.12. The first-order valence-corrected chi connectivity index (χ1v) is 9.29. The number of carbonyl (C=O) groups excluding carboxylic acids is 1. The van der Waals surface area contributed by atoms with E-state index in [0.717, 1.165) is 14.9 Å². The summed E-state index contributed by atoms with van der Waals surface area (Å²) in [5.74, 6) is 0.614. The van der Waals surface area contributed by atoms with E-state index in [1.54, 1.807) is 36.0 Å². The number of amides is 1. The van der Waals surface area contributed by atoms with Crippen LogP contribution in [0.5, 0.6) is 0 Å². The highest BCUT2D eigenvalue weighted by Gasteiger charge is 2.10. The first-order chi connectivity index (χ1) is 11.1. The van der Waals surface area contributed by atoms with Gasteiger partial charge in [0.2, 0.25) is 5.91 Å². The van der Waals surface area contributed by atoms with Crippen LogP contribution in [0.15, 0.2) is 57.9 Å². The van der Waals surface area contributed by atoms with Crippen molar-refractivity contribution in [1.82, 2.24) is 5.32 Å². The largest absolute Gasteiger partial charge is 0.387 e. The average Bonchev–Trinajstić information content (AvgIpc) is 2.55. The first-order valence-electron chi connectivity index (χ1n) is 7.14. The van der Waals surface area contributed by atoms with Gasteiger partial charge in [0, 0.05) is 33.1 Å². The van der Waals surface area contributed by atoms with E-state index in [1.807, 2.05) is 24.3 Å². The molecule has 0 radical (unpaired) electrons. The van der Waals surface area contributed by atoms with Gasteiger partial charge in [0.1, 0.15) is 0 Å². The van der Waals surface area contributed by atoms with Crippen LogP contribution >= 0.6 is 39.3 Å². The van der Waals surface area contributed by atoms with Crippen LogP contribution in [0.2, 0.25) is 5.02 Å².